The van der Waals surface area contributed by atoms with E-state index >= 15 is 0 Å². The quantitative estimate of drug-likeness (QED) is 0.688. The van der Waals surface area contributed by atoms with Crippen LogP contribution in [0.25, 0.3) is 0 Å². The molecule has 0 aromatic carbocycles. The Bertz CT molecular complexity index is 512. The second-order valence-corrected chi connectivity index (χ2v) is 5.24. The maximum atomic E-state index is 12.0. The zero-order valence-electron chi connectivity index (χ0n) is 10.9. The fourth-order valence-electron chi connectivity index (χ4n) is 2.66. The highest BCUT2D eigenvalue weighted by Gasteiger charge is 2.27. The molecule has 0 amide bonds. The summed E-state index contributed by atoms with van der Waals surface area (Å²) in [7, 11) is 4.19. The molecule has 0 spiro atoms. The maximum Gasteiger partial charge on any atom is 0.255 e. The predicted molar refractivity (Wildman–Crippen MR) is 68.3 cm³/mol. The van der Waals surface area contributed by atoms with Crippen LogP contribution in [-0.4, -0.2) is 53.5 Å². The third-order valence-electron chi connectivity index (χ3n) is 3.88. The molecule has 0 radical (unpaired) electrons. The molecule has 0 bridgehead atoms. The van der Waals surface area contributed by atoms with Gasteiger partial charge in [-0.05, 0) is 14.1 Å². The number of hydrogen-bond donors (Lipinski definition) is 2. The van der Waals surface area contributed by atoms with Gasteiger partial charge in [0.25, 0.3) is 5.56 Å². The second kappa shape index (κ2) is 4.46. The Morgan fingerprint density at radius 3 is 2.94 bits per heavy atom. The molecule has 6 nitrogen and oxygen atoms in total. The van der Waals surface area contributed by atoms with Crippen molar-refractivity contribution in [3.8, 4) is 0 Å². The number of fused-ring (bicyclic) bond motifs is 1. The Labute approximate surface area is 106 Å². The lowest BCUT2D eigenvalue weighted by Crippen LogP contribution is -2.45. The van der Waals surface area contributed by atoms with E-state index < -0.39 is 0 Å². The molecular weight excluding hydrogens is 230 g/mol. The number of likely N-dealkylation sites (N-methyl/N-ethyl adjacent to an activating group) is 2. The van der Waals surface area contributed by atoms with Crippen LogP contribution in [0.4, 0.5) is 0 Å². The molecule has 18 heavy (non-hydrogen) atoms. The molecule has 0 saturated carbocycles. The largest absolute Gasteiger partial charge is 0.309 e. The van der Waals surface area contributed by atoms with E-state index in [1.165, 1.54) is 0 Å². The minimum Gasteiger partial charge on any atom is -0.309 e. The van der Waals surface area contributed by atoms with Gasteiger partial charge in [0.05, 0.1) is 17.3 Å². The molecule has 1 fully saturated rings. The lowest BCUT2D eigenvalue weighted by molar-refractivity contribution is 0.109. The van der Waals surface area contributed by atoms with E-state index in [0.717, 1.165) is 36.7 Å². The van der Waals surface area contributed by atoms with Gasteiger partial charge in [0, 0.05) is 32.7 Å². The van der Waals surface area contributed by atoms with Crippen molar-refractivity contribution in [2.45, 2.75) is 19.1 Å². The number of piperazine rings is 1. The molecule has 2 aliphatic heterocycles. The van der Waals surface area contributed by atoms with Crippen molar-refractivity contribution in [3.05, 3.63) is 27.4 Å². The topological polar surface area (TPSA) is 64.3 Å². The van der Waals surface area contributed by atoms with Crippen molar-refractivity contribution in [2.75, 3.05) is 33.7 Å². The zero-order chi connectivity index (χ0) is 12.7. The molecule has 6 heteroatoms. The third-order valence-corrected chi connectivity index (χ3v) is 3.88. The number of aromatic nitrogens is 2. The number of nitrogens with zero attached hydrogens (tertiary/aromatic N) is 3. The molecular formula is C12H19N5O. The van der Waals surface area contributed by atoms with Crippen molar-refractivity contribution in [1.29, 1.82) is 0 Å². The molecule has 1 saturated heterocycles. The Morgan fingerprint density at radius 2 is 2.11 bits per heavy atom. The molecule has 1 atom stereocenters. The first kappa shape index (κ1) is 11.8. The number of aromatic amines is 1. The van der Waals surface area contributed by atoms with Crippen molar-refractivity contribution in [3.63, 3.8) is 0 Å². The first-order valence-electron chi connectivity index (χ1n) is 6.36. The van der Waals surface area contributed by atoms with E-state index in [2.05, 4.69) is 39.2 Å². The second-order valence-electron chi connectivity index (χ2n) is 5.24. The predicted octanol–water partition coefficient (Wildman–Crippen LogP) is -0.709. The fraction of sp³-hybridized carbons (Fsp3) is 0.667. The van der Waals surface area contributed by atoms with Crippen LogP contribution in [0, 0.1) is 0 Å². The smallest absolute Gasteiger partial charge is 0.255 e. The van der Waals surface area contributed by atoms with Gasteiger partial charge >= 0.3 is 0 Å². The number of hydrogen-bond acceptors (Lipinski definition) is 5. The van der Waals surface area contributed by atoms with E-state index in [4.69, 9.17) is 0 Å². The van der Waals surface area contributed by atoms with Gasteiger partial charge in [-0.2, -0.15) is 0 Å². The summed E-state index contributed by atoms with van der Waals surface area (Å²) in [5.74, 6) is 0.802. The lowest BCUT2D eigenvalue weighted by atomic mass is 10.1. The fourth-order valence-corrected chi connectivity index (χ4v) is 2.66. The van der Waals surface area contributed by atoms with Gasteiger partial charge < -0.3 is 15.2 Å². The monoisotopic (exact) mass is 249 g/mol. The summed E-state index contributed by atoms with van der Waals surface area (Å²) in [5, 5.41) is 3.17. The van der Waals surface area contributed by atoms with Crippen LogP contribution in [-0.2, 0) is 13.1 Å². The van der Waals surface area contributed by atoms with Gasteiger partial charge in [-0.15, -0.1) is 0 Å². The summed E-state index contributed by atoms with van der Waals surface area (Å²) >= 11 is 0. The van der Waals surface area contributed by atoms with E-state index in [-0.39, 0.29) is 11.6 Å². The Kier molecular flexibility index (Phi) is 2.93. The molecule has 2 aliphatic rings. The SMILES string of the molecule is CN1CCN(C)C(c2nc3c(c(=O)[nH]2)CNC3)C1. The summed E-state index contributed by atoms with van der Waals surface area (Å²) < 4.78 is 0. The summed E-state index contributed by atoms with van der Waals surface area (Å²) in [6.45, 7) is 4.31. The highest BCUT2D eigenvalue weighted by molar-refractivity contribution is 5.22. The molecule has 3 heterocycles. The van der Waals surface area contributed by atoms with Gasteiger partial charge in [0.15, 0.2) is 0 Å². The summed E-state index contributed by atoms with van der Waals surface area (Å²) in [5.41, 5.74) is 1.72. The van der Waals surface area contributed by atoms with E-state index in [1.807, 2.05) is 0 Å². The zero-order valence-corrected chi connectivity index (χ0v) is 10.9. The molecule has 0 aliphatic carbocycles. The van der Waals surface area contributed by atoms with Gasteiger partial charge in [-0.1, -0.05) is 0 Å². The van der Waals surface area contributed by atoms with Crippen LogP contribution in [0.3, 0.4) is 0 Å². The standard InChI is InChI=1S/C12H19N5O/c1-16-3-4-17(2)10(7-16)11-14-9-6-13-5-8(9)12(18)15-11/h10,13H,3-7H2,1-2H3,(H,14,15,18). The van der Waals surface area contributed by atoms with Crippen molar-refractivity contribution in [2.24, 2.45) is 0 Å². The van der Waals surface area contributed by atoms with Gasteiger partial charge in [-0.3, -0.25) is 9.69 Å². The van der Waals surface area contributed by atoms with Gasteiger partial charge in [0.2, 0.25) is 0 Å². The Balaban J connectivity index is 1.96. The number of rotatable bonds is 1. The van der Waals surface area contributed by atoms with Crippen molar-refractivity contribution in [1.82, 2.24) is 25.1 Å². The normalized spacial score (nSPS) is 25.3. The number of nitrogens with one attached hydrogen (secondary N) is 2. The molecule has 1 aromatic rings. The molecule has 1 unspecified atom stereocenters. The van der Waals surface area contributed by atoms with Crippen LogP contribution < -0.4 is 10.9 Å². The summed E-state index contributed by atoms with van der Waals surface area (Å²) in [4.78, 5) is 24.1. The average Bonchev–Trinajstić information content (AvgIpc) is 2.81. The first-order valence-corrected chi connectivity index (χ1v) is 6.36. The average molecular weight is 249 g/mol. The minimum atomic E-state index is 0.0154. The van der Waals surface area contributed by atoms with Crippen LogP contribution >= 0.6 is 0 Å². The van der Waals surface area contributed by atoms with Crippen LogP contribution in [0.2, 0.25) is 0 Å². The highest BCUT2D eigenvalue weighted by atomic mass is 16.1. The minimum absolute atomic E-state index is 0.0154. The number of H-pyrrole nitrogens is 1. The molecule has 2 N–H and O–H groups in total. The summed E-state index contributed by atoms with van der Waals surface area (Å²) in [6, 6.07) is 0.183. The van der Waals surface area contributed by atoms with Crippen molar-refractivity contribution >= 4 is 0 Å². The maximum absolute atomic E-state index is 12.0. The van der Waals surface area contributed by atoms with E-state index in [0.29, 0.717) is 13.1 Å². The Morgan fingerprint density at radius 1 is 1.28 bits per heavy atom. The van der Waals surface area contributed by atoms with E-state index in [1.54, 1.807) is 0 Å². The Hall–Kier alpha value is -1.24. The van der Waals surface area contributed by atoms with Crippen LogP contribution in [0.5, 0.6) is 0 Å². The van der Waals surface area contributed by atoms with Gasteiger partial charge in [0.1, 0.15) is 5.82 Å². The first-order chi connectivity index (χ1) is 8.65. The van der Waals surface area contributed by atoms with Gasteiger partial charge in [-0.25, -0.2) is 4.98 Å². The summed E-state index contributed by atoms with van der Waals surface area (Å²) in [6.07, 6.45) is 0. The van der Waals surface area contributed by atoms with Crippen molar-refractivity contribution < 1.29 is 0 Å². The molecule has 1 aromatic heterocycles. The highest BCUT2D eigenvalue weighted by Crippen LogP contribution is 2.20. The lowest BCUT2D eigenvalue weighted by Gasteiger charge is -2.36. The van der Waals surface area contributed by atoms with Crippen LogP contribution in [0.15, 0.2) is 4.79 Å². The van der Waals surface area contributed by atoms with Crippen LogP contribution in [0.1, 0.15) is 23.1 Å². The van der Waals surface area contributed by atoms with E-state index in [9.17, 15) is 4.79 Å². The third kappa shape index (κ3) is 1.96. The molecule has 3 rings (SSSR count). The molecule has 98 valence electrons.